The molecular weight excluding hydrogens is 256 g/mol. The summed E-state index contributed by atoms with van der Waals surface area (Å²) in [6.45, 7) is 2.77. The van der Waals surface area contributed by atoms with Gasteiger partial charge in [-0.1, -0.05) is 6.07 Å². The van der Waals surface area contributed by atoms with Crippen LogP contribution >= 0.6 is 0 Å². The van der Waals surface area contributed by atoms with Crippen LogP contribution in [0.15, 0.2) is 18.2 Å². The summed E-state index contributed by atoms with van der Waals surface area (Å²) in [6, 6.07) is 4.45. The predicted molar refractivity (Wildman–Crippen MR) is 76.9 cm³/mol. The lowest BCUT2D eigenvalue weighted by Crippen LogP contribution is -2.32. The summed E-state index contributed by atoms with van der Waals surface area (Å²) in [5.74, 6) is -0.203. The maximum Gasteiger partial charge on any atom is 0.257 e. The van der Waals surface area contributed by atoms with E-state index in [1.54, 1.807) is 18.0 Å². The highest BCUT2D eigenvalue weighted by atomic mass is 16.3. The minimum Gasteiger partial charge on any atom is -0.504 e. The highest BCUT2D eigenvalue weighted by Crippen LogP contribution is 2.29. The Labute approximate surface area is 119 Å². The molecule has 1 amide bonds. The van der Waals surface area contributed by atoms with Crippen LogP contribution in [0.3, 0.4) is 0 Å². The van der Waals surface area contributed by atoms with E-state index < -0.39 is 0 Å². The summed E-state index contributed by atoms with van der Waals surface area (Å²) in [5.41, 5.74) is 0.151. The van der Waals surface area contributed by atoms with E-state index in [9.17, 15) is 15.0 Å². The quantitative estimate of drug-likeness (QED) is 0.731. The first-order valence-electron chi connectivity index (χ1n) is 7.06. The monoisotopic (exact) mass is 278 g/mol. The molecule has 0 radical (unpaired) electrons. The second-order valence-electron chi connectivity index (χ2n) is 5.38. The average molecular weight is 278 g/mol. The van der Waals surface area contributed by atoms with Crippen LogP contribution in [0, 0.1) is 5.92 Å². The topological polar surface area (TPSA) is 72.8 Å². The Balaban J connectivity index is 1.92. The molecule has 0 spiro atoms. The van der Waals surface area contributed by atoms with Crippen LogP contribution in [0.1, 0.15) is 29.6 Å². The van der Waals surface area contributed by atoms with Crippen LogP contribution in [0.4, 0.5) is 0 Å². The van der Waals surface area contributed by atoms with E-state index in [0.29, 0.717) is 12.5 Å². The summed E-state index contributed by atoms with van der Waals surface area (Å²) in [7, 11) is 1.73. The van der Waals surface area contributed by atoms with Crippen molar-refractivity contribution in [3.05, 3.63) is 23.8 Å². The standard InChI is InChI=1S/C15H22N2O3/c1-17(10-7-11-5-8-16-9-6-11)15(20)12-3-2-4-13(18)14(12)19/h2-4,11,16,18-19H,5-10H2,1H3. The molecule has 0 bridgehead atoms. The number of nitrogens with one attached hydrogen (secondary N) is 1. The molecule has 0 saturated carbocycles. The van der Waals surface area contributed by atoms with Gasteiger partial charge >= 0.3 is 0 Å². The average Bonchev–Trinajstić information content (AvgIpc) is 2.48. The van der Waals surface area contributed by atoms with Gasteiger partial charge in [-0.3, -0.25) is 4.79 Å². The van der Waals surface area contributed by atoms with Crippen molar-refractivity contribution < 1.29 is 15.0 Å². The van der Waals surface area contributed by atoms with E-state index in [2.05, 4.69) is 5.32 Å². The van der Waals surface area contributed by atoms with Crippen LogP contribution in [0.25, 0.3) is 0 Å². The van der Waals surface area contributed by atoms with Crippen LogP contribution in [0.2, 0.25) is 0 Å². The first-order chi connectivity index (χ1) is 9.59. The maximum atomic E-state index is 12.2. The fourth-order valence-electron chi connectivity index (χ4n) is 2.56. The van der Waals surface area contributed by atoms with Gasteiger partial charge < -0.3 is 20.4 Å². The molecule has 1 aliphatic rings. The molecule has 1 aliphatic heterocycles. The van der Waals surface area contributed by atoms with E-state index in [4.69, 9.17) is 0 Å². The summed E-state index contributed by atoms with van der Waals surface area (Å²) >= 11 is 0. The molecule has 0 atom stereocenters. The van der Waals surface area contributed by atoms with Crippen molar-refractivity contribution in [2.45, 2.75) is 19.3 Å². The molecule has 2 rings (SSSR count). The fraction of sp³-hybridized carbons (Fsp3) is 0.533. The minimum atomic E-state index is -0.341. The second kappa shape index (κ2) is 6.61. The van der Waals surface area contributed by atoms with Crippen LogP contribution < -0.4 is 5.32 Å². The fourth-order valence-corrected chi connectivity index (χ4v) is 2.56. The molecule has 5 nitrogen and oxygen atoms in total. The number of nitrogens with zero attached hydrogens (tertiary/aromatic N) is 1. The number of benzene rings is 1. The molecule has 3 N–H and O–H groups in total. The number of rotatable bonds is 4. The summed E-state index contributed by atoms with van der Waals surface area (Å²) < 4.78 is 0. The Morgan fingerprint density at radius 3 is 2.75 bits per heavy atom. The third kappa shape index (κ3) is 3.42. The first-order valence-corrected chi connectivity index (χ1v) is 7.06. The van der Waals surface area contributed by atoms with E-state index >= 15 is 0 Å². The summed E-state index contributed by atoms with van der Waals surface area (Å²) in [5, 5.41) is 22.5. The predicted octanol–water partition coefficient (Wildman–Crippen LogP) is 1.56. The van der Waals surface area contributed by atoms with E-state index in [1.807, 2.05) is 0 Å². The van der Waals surface area contributed by atoms with Gasteiger partial charge in [0.15, 0.2) is 11.5 Å². The van der Waals surface area contributed by atoms with Crippen molar-refractivity contribution in [3.8, 4) is 11.5 Å². The lowest BCUT2D eigenvalue weighted by molar-refractivity contribution is 0.0781. The van der Waals surface area contributed by atoms with Gasteiger partial charge in [-0.15, -0.1) is 0 Å². The Morgan fingerprint density at radius 1 is 1.35 bits per heavy atom. The number of phenols is 2. The zero-order valence-corrected chi connectivity index (χ0v) is 11.8. The zero-order valence-electron chi connectivity index (χ0n) is 11.8. The minimum absolute atomic E-state index is 0.151. The Kier molecular flexibility index (Phi) is 4.84. The van der Waals surface area contributed by atoms with Crippen molar-refractivity contribution in [1.82, 2.24) is 10.2 Å². The van der Waals surface area contributed by atoms with Gasteiger partial charge in [0, 0.05) is 13.6 Å². The Bertz CT molecular complexity index is 470. The first kappa shape index (κ1) is 14.7. The Hall–Kier alpha value is -1.75. The number of amides is 1. The lowest BCUT2D eigenvalue weighted by atomic mass is 9.94. The van der Waals surface area contributed by atoms with E-state index in [1.165, 1.54) is 12.1 Å². The van der Waals surface area contributed by atoms with Crippen molar-refractivity contribution in [2.24, 2.45) is 5.92 Å². The van der Waals surface area contributed by atoms with Gasteiger partial charge in [-0.25, -0.2) is 0 Å². The molecule has 1 heterocycles. The molecule has 0 aromatic heterocycles. The van der Waals surface area contributed by atoms with Crippen LogP contribution in [-0.4, -0.2) is 47.7 Å². The summed E-state index contributed by atoms with van der Waals surface area (Å²) in [6.07, 6.45) is 3.28. The molecule has 5 heteroatoms. The normalized spacial score (nSPS) is 16.1. The maximum absolute atomic E-state index is 12.2. The molecule has 1 aromatic carbocycles. The zero-order chi connectivity index (χ0) is 14.5. The lowest BCUT2D eigenvalue weighted by Gasteiger charge is -2.25. The molecule has 20 heavy (non-hydrogen) atoms. The molecule has 1 aromatic rings. The number of piperidine rings is 1. The van der Waals surface area contributed by atoms with Gasteiger partial charge in [-0.2, -0.15) is 0 Å². The van der Waals surface area contributed by atoms with Crippen LogP contribution in [0.5, 0.6) is 11.5 Å². The number of para-hydroxylation sites is 1. The number of carbonyl (C=O) groups is 1. The van der Waals surface area contributed by atoms with Crippen molar-refractivity contribution >= 4 is 5.91 Å². The molecule has 1 saturated heterocycles. The second-order valence-corrected chi connectivity index (χ2v) is 5.38. The van der Waals surface area contributed by atoms with E-state index in [0.717, 1.165) is 32.4 Å². The van der Waals surface area contributed by atoms with Gasteiger partial charge in [0.05, 0.1) is 5.56 Å². The molecule has 0 unspecified atom stereocenters. The third-order valence-electron chi connectivity index (χ3n) is 3.92. The highest BCUT2D eigenvalue weighted by Gasteiger charge is 2.19. The molecular formula is C15H22N2O3. The molecule has 1 fully saturated rings. The molecule has 110 valence electrons. The SMILES string of the molecule is CN(CCC1CCNCC1)C(=O)c1cccc(O)c1O. The third-order valence-corrected chi connectivity index (χ3v) is 3.92. The number of hydrogen-bond acceptors (Lipinski definition) is 4. The van der Waals surface area contributed by atoms with Gasteiger partial charge in [0.1, 0.15) is 0 Å². The largest absolute Gasteiger partial charge is 0.504 e. The smallest absolute Gasteiger partial charge is 0.257 e. The van der Waals surface area contributed by atoms with Crippen molar-refractivity contribution in [3.63, 3.8) is 0 Å². The van der Waals surface area contributed by atoms with Crippen LogP contribution in [-0.2, 0) is 0 Å². The van der Waals surface area contributed by atoms with Gasteiger partial charge in [0.25, 0.3) is 5.91 Å². The van der Waals surface area contributed by atoms with Crippen molar-refractivity contribution in [2.75, 3.05) is 26.7 Å². The van der Waals surface area contributed by atoms with Crippen molar-refractivity contribution in [1.29, 1.82) is 0 Å². The highest BCUT2D eigenvalue weighted by molar-refractivity contribution is 5.97. The summed E-state index contributed by atoms with van der Waals surface area (Å²) in [4.78, 5) is 13.8. The number of carbonyl (C=O) groups excluding carboxylic acids is 1. The van der Waals surface area contributed by atoms with Gasteiger partial charge in [0.2, 0.25) is 0 Å². The number of aromatic hydroxyl groups is 2. The number of hydrogen-bond donors (Lipinski definition) is 3. The van der Waals surface area contributed by atoms with E-state index in [-0.39, 0.29) is 23.0 Å². The Morgan fingerprint density at radius 2 is 2.05 bits per heavy atom. The van der Waals surface area contributed by atoms with Gasteiger partial charge in [-0.05, 0) is 50.4 Å². The molecule has 0 aliphatic carbocycles. The number of phenolic OH excluding ortho intramolecular Hbond substituents is 2.